The molecular weight excluding hydrogens is 518 g/mol. The third kappa shape index (κ3) is 16.5. The van der Waals surface area contributed by atoms with Crippen molar-refractivity contribution in [2.45, 2.75) is 82.8 Å². The van der Waals surface area contributed by atoms with Gasteiger partial charge < -0.3 is 60.0 Å². The Morgan fingerprint density at radius 1 is 0.865 bits per heavy atom. The second-order valence-electron chi connectivity index (χ2n) is 8.30. The standard InChI is InChI=1S/C22H43NO13S/c1-13(27)18(10-25)35-21(33-6-4-7-37-8-5-20(31)32)16(23-15(3)29)12-34-22(17(30)9-24)36-19(11-26)14(2)28/h13-14,16-19,21-22,24-28,30H,4-12H2,1-3H3,(H,23,29)(H,31,32)/t13-,14-,16+,17+,18?,19?,21?,22?/m1/s1. The van der Waals surface area contributed by atoms with Crippen LogP contribution in [0.5, 0.6) is 0 Å². The third-order valence-electron chi connectivity index (χ3n) is 4.89. The van der Waals surface area contributed by atoms with E-state index in [-0.39, 0.29) is 13.0 Å². The first-order valence-corrected chi connectivity index (χ1v) is 13.1. The molecule has 4 unspecified atom stereocenters. The molecule has 15 heteroatoms. The van der Waals surface area contributed by atoms with E-state index in [2.05, 4.69) is 5.32 Å². The number of nitrogens with one attached hydrogen (secondary N) is 1. The molecule has 0 aromatic carbocycles. The van der Waals surface area contributed by atoms with Crippen molar-refractivity contribution in [2.24, 2.45) is 0 Å². The minimum absolute atomic E-state index is 0.0287. The Kier molecular flexibility index (Phi) is 20.2. The van der Waals surface area contributed by atoms with E-state index in [4.69, 9.17) is 24.1 Å². The lowest BCUT2D eigenvalue weighted by molar-refractivity contribution is -0.257. The molecule has 0 aliphatic rings. The maximum atomic E-state index is 11.9. The van der Waals surface area contributed by atoms with E-state index in [1.54, 1.807) is 0 Å². The average Bonchev–Trinajstić information content (AvgIpc) is 2.83. The van der Waals surface area contributed by atoms with Gasteiger partial charge in [0.1, 0.15) is 24.4 Å². The number of carbonyl (C=O) groups is 2. The van der Waals surface area contributed by atoms with Crippen molar-refractivity contribution in [3.05, 3.63) is 0 Å². The largest absolute Gasteiger partial charge is 0.481 e. The van der Waals surface area contributed by atoms with Gasteiger partial charge in [-0.2, -0.15) is 11.8 Å². The molecule has 0 aliphatic carbocycles. The lowest BCUT2D eigenvalue weighted by Gasteiger charge is -2.33. The van der Waals surface area contributed by atoms with Gasteiger partial charge in [0.15, 0.2) is 12.6 Å². The number of amides is 1. The van der Waals surface area contributed by atoms with E-state index in [1.165, 1.54) is 32.5 Å². The fourth-order valence-electron chi connectivity index (χ4n) is 2.81. The van der Waals surface area contributed by atoms with Crippen molar-refractivity contribution in [3.8, 4) is 0 Å². The van der Waals surface area contributed by atoms with Crippen molar-refractivity contribution < 1.29 is 64.3 Å². The topological polar surface area (TPSA) is 225 Å². The predicted molar refractivity (Wildman–Crippen MR) is 132 cm³/mol. The van der Waals surface area contributed by atoms with Crippen LogP contribution in [0.3, 0.4) is 0 Å². The summed E-state index contributed by atoms with van der Waals surface area (Å²) in [6.07, 6.45) is -8.21. The molecule has 0 saturated heterocycles. The zero-order valence-electron chi connectivity index (χ0n) is 21.5. The summed E-state index contributed by atoms with van der Waals surface area (Å²) in [4.78, 5) is 22.5. The molecular formula is C22H43NO13S. The number of aliphatic carboxylic acids is 1. The second-order valence-corrected chi connectivity index (χ2v) is 9.53. The number of ether oxygens (including phenoxy) is 4. The van der Waals surface area contributed by atoms with Crippen LogP contribution >= 0.6 is 11.8 Å². The maximum absolute atomic E-state index is 11.9. The lowest BCUT2D eigenvalue weighted by Crippen LogP contribution is -2.52. The third-order valence-corrected chi connectivity index (χ3v) is 5.96. The molecule has 0 aromatic heterocycles. The van der Waals surface area contributed by atoms with Gasteiger partial charge in [-0.1, -0.05) is 0 Å². The first-order chi connectivity index (χ1) is 17.5. The summed E-state index contributed by atoms with van der Waals surface area (Å²) < 4.78 is 22.4. The molecule has 8 atom stereocenters. The highest BCUT2D eigenvalue weighted by Gasteiger charge is 2.32. The van der Waals surface area contributed by atoms with E-state index in [0.717, 1.165) is 0 Å². The highest BCUT2D eigenvalue weighted by molar-refractivity contribution is 7.99. The molecule has 1 amide bonds. The molecule has 0 radical (unpaired) electrons. The highest BCUT2D eigenvalue weighted by atomic mass is 32.2. The molecule has 0 aromatic rings. The Morgan fingerprint density at radius 2 is 1.43 bits per heavy atom. The number of aliphatic hydroxyl groups is 6. The maximum Gasteiger partial charge on any atom is 0.304 e. The first-order valence-electron chi connectivity index (χ1n) is 11.9. The van der Waals surface area contributed by atoms with Gasteiger partial charge in [-0.15, -0.1) is 0 Å². The first kappa shape index (κ1) is 35.9. The molecule has 0 heterocycles. The van der Waals surface area contributed by atoms with Crippen LogP contribution in [0.4, 0.5) is 0 Å². The Hall–Kier alpha value is -1.11. The fourth-order valence-corrected chi connectivity index (χ4v) is 3.66. The van der Waals surface area contributed by atoms with Crippen LogP contribution in [0, 0.1) is 0 Å². The Balaban J connectivity index is 5.47. The smallest absolute Gasteiger partial charge is 0.304 e. The van der Waals surface area contributed by atoms with Crippen molar-refractivity contribution in [2.75, 3.05) is 44.5 Å². The normalized spacial score (nSPS) is 18.3. The summed E-state index contributed by atoms with van der Waals surface area (Å²) in [5.41, 5.74) is 0. The molecule has 8 N–H and O–H groups in total. The molecule has 0 aliphatic heterocycles. The summed E-state index contributed by atoms with van der Waals surface area (Å²) in [6, 6.07) is -1.04. The summed E-state index contributed by atoms with van der Waals surface area (Å²) >= 11 is 1.42. The molecule has 0 saturated carbocycles. The number of carbonyl (C=O) groups excluding carboxylic acids is 1. The van der Waals surface area contributed by atoms with E-state index in [1.807, 2.05) is 0 Å². The lowest BCUT2D eigenvalue weighted by atomic mass is 10.2. The fraction of sp³-hybridized carbons (Fsp3) is 0.909. The van der Waals surface area contributed by atoms with Crippen molar-refractivity contribution >= 4 is 23.6 Å². The molecule has 37 heavy (non-hydrogen) atoms. The average molecular weight is 562 g/mol. The van der Waals surface area contributed by atoms with Gasteiger partial charge in [-0.25, -0.2) is 0 Å². The number of carboxylic acid groups (broad SMARTS) is 1. The zero-order valence-corrected chi connectivity index (χ0v) is 22.3. The van der Waals surface area contributed by atoms with Gasteiger partial charge in [0.05, 0.1) is 51.7 Å². The minimum Gasteiger partial charge on any atom is -0.481 e. The van der Waals surface area contributed by atoms with E-state index >= 15 is 0 Å². The second kappa shape index (κ2) is 20.8. The Morgan fingerprint density at radius 3 is 1.89 bits per heavy atom. The van der Waals surface area contributed by atoms with Gasteiger partial charge in [0.25, 0.3) is 0 Å². The molecule has 14 nitrogen and oxygen atoms in total. The summed E-state index contributed by atoms with van der Waals surface area (Å²) in [7, 11) is 0. The van der Waals surface area contributed by atoms with Gasteiger partial charge in [-0.05, 0) is 26.0 Å². The number of thioether (sulfide) groups is 1. The summed E-state index contributed by atoms with van der Waals surface area (Å²) in [6.45, 7) is 1.78. The summed E-state index contributed by atoms with van der Waals surface area (Å²) in [5, 5.41) is 69.3. The van der Waals surface area contributed by atoms with Crippen molar-refractivity contribution in [1.29, 1.82) is 0 Å². The van der Waals surface area contributed by atoms with E-state index < -0.39 is 87.4 Å². The van der Waals surface area contributed by atoms with Crippen LogP contribution in [0.1, 0.15) is 33.6 Å². The monoisotopic (exact) mass is 561 g/mol. The van der Waals surface area contributed by atoms with Gasteiger partial charge in [0.2, 0.25) is 5.91 Å². The SMILES string of the molecule is CC(=O)N[C@@H](COC(OC(CO)[C@@H](C)O)[C@@H](O)CO)C(OCCCSCCC(=O)O)OC(CO)[C@@H](C)O. The van der Waals surface area contributed by atoms with Crippen LogP contribution in [0.2, 0.25) is 0 Å². The Labute approximate surface area is 220 Å². The summed E-state index contributed by atoms with van der Waals surface area (Å²) in [5.74, 6) is -0.370. The number of hydrogen-bond acceptors (Lipinski definition) is 13. The number of hydrogen-bond donors (Lipinski definition) is 8. The van der Waals surface area contributed by atoms with Crippen LogP contribution in [0.25, 0.3) is 0 Å². The number of aliphatic hydroxyl groups excluding tert-OH is 6. The number of rotatable bonds is 23. The highest BCUT2D eigenvalue weighted by Crippen LogP contribution is 2.15. The molecule has 220 valence electrons. The van der Waals surface area contributed by atoms with Gasteiger partial charge >= 0.3 is 5.97 Å². The molecule has 0 rings (SSSR count). The number of carboxylic acids is 1. The van der Waals surface area contributed by atoms with Gasteiger partial charge in [0, 0.05) is 12.7 Å². The van der Waals surface area contributed by atoms with Crippen molar-refractivity contribution in [3.63, 3.8) is 0 Å². The van der Waals surface area contributed by atoms with Crippen LogP contribution in [0.15, 0.2) is 0 Å². The minimum atomic E-state index is -1.56. The van der Waals surface area contributed by atoms with Crippen LogP contribution < -0.4 is 5.32 Å². The Bertz CT molecular complexity index is 613. The van der Waals surface area contributed by atoms with Crippen molar-refractivity contribution in [1.82, 2.24) is 5.32 Å². The van der Waals surface area contributed by atoms with Crippen LogP contribution in [-0.2, 0) is 28.5 Å². The van der Waals surface area contributed by atoms with E-state index in [9.17, 15) is 40.2 Å². The van der Waals surface area contributed by atoms with Gasteiger partial charge in [-0.3, -0.25) is 9.59 Å². The quantitative estimate of drug-likeness (QED) is 0.0483. The molecule has 0 fully saturated rings. The predicted octanol–water partition coefficient (Wildman–Crippen LogP) is -2.36. The molecule has 0 spiro atoms. The van der Waals surface area contributed by atoms with Crippen LogP contribution in [-0.4, -0.2) is 141 Å². The van der Waals surface area contributed by atoms with E-state index in [0.29, 0.717) is 17.9 Å². The zero-order chi connectivity index (χ0) is 28.4. The molecule has 0 bridgehead atoms.